The van der Waals surface area contributed by atoms with Crippen LogP contribution in [0.1, 0.15) is 30.6 Å². The maximum Gasteiger partial charge on any atom is 0.410 e. The SMILES string of the molecule is CC(C)COC(=O)N1C[C@H](O)C[C@H]1C(=O)OCC(=O)c1ccc(Br)cc1. The van der Waals surface area contributed by atoms with Gasteiger partial charge >= 0.3 is 12.1 Å². The molecule has 0 aromatic heterocycles. The zero-order chi connectivity index (χ0) is 19.3. The summed E-state index contributed by atoms with van der Waals surface area (Å²) in [5.41, 5.74) is 0.417. The number of carbonyl (C=O) groups is 3. The van der Waals surface area contributed by atoms with Gasteiger partial charge in [-0.15, -0.1) is 0 Å². The number of hydrogen-bond donors (Lipinski definition) is 1. The van der Waals surface area contributed by atoms with E-state index in [0.29, 0.717) is 5.56 Å². The summed E-state index contributed by atoms with van der Waals surface area (Å²) in [6, 6.07) is 5.72. The Kier molecular flexibility index (Phi) is 7.16. The van der Waals surface area contributed by atoms with E-state index in [-0.39, 0.29) is 31.3 Å². The van der Waals surface area contributed by atoms with Crippen molar-refractivity contribution in [1.82, 2.24) is 4.90 Å². The zero-order valence-corrected chi connectivity index (χ0v) is 16.3. The summed E-state index contributed by atoms with van der Waals surface area (Å²) in [6.45, 7) is 3.58. The minimum absolute atomic E-state index is 0.00263. The van der Waals surface area contributed by atoms with Crippen molar-refractivity contribution in [2.45, 2.75) is 32.4 Å². The molecule has 2 atom stereocenters. The van der Waals surface area contributed by atoms with Crippen LogP contribution in [0, 0.1) is 5.92 Å². The van der Waals surface area contributed by atoms with Gasteiger partial charge in [0.15, 0.2) is 12.4 Å². The molecule has 1 aromatic carbocycles. The first kappa shape index (κ1) is 20.4. The van der Waals surface area contributed by atoms with Gasteiger partial charge in [-0.3, -0.25) is 9.69 Å². The molecule has 0 bridgehead atoms. The molecule has 0 radical (unpaired) electrons. The van der Waals surface area contributed by atoms with Crippen LogP contribution in [-0.2, 0) is 14.3 Å². The number of aliphatic hydroxyl groups excluding tert-OH is 1. The van der Waals surface area contributed by atoms with Crippen molar-refractivity contribution in [3.63, 3.8) is 0 Å². The predicted molar refractivity (Wildman–Crippen MR) is 96.7 cm³/mol. The van der Waals surface area contributed by atoms with E-state index in [9.17, 15) is 19.5 Å². The molecule has 2 rings (SSSR count). The lowest BCUT2D eigenvalue weighted by Crippen LogP contribution is -2.42. The van der Waals surface area contributed by atoms with E-state index >= 15 is 0 Å². The molecule has 1 aliphatic rings. The van der Waals surface area contributed by atoms with Gasteiger partial charge in [-0.05, 0) is 18.1 Å². The van der Waals surface area contributed by atoms with Crippen LogP contribution < -0.4 is 0 Å². The lowest BCUT2D eigenvalue weighted by molar-refractivity contribution is -0.147. The summed E-state index contributed by atoms with van der Waals surface area (Å²) in [5.74, 6) is -0.924. The van der Waals surface area contributed by atoms with Crippen LogP contribution in [0.3, 0.4) is 0 Å². The molecule has 1 aliphatic heterocycles. The summed E-state index contributed by atoms with van der Waals surface area (Å²) in [5, 5.41) is 9.80. The highest BCUT2D eigenvalue weighted by atomic mass is 79.9. The third-order valence-corrected chi connectivity index (χ3v) is 4.37. The van der Waals surface area contributed by atoms with Gasteiger partial charge < -0.3 is 14.6 Å². The van der Waals surface area contributed by atoms with Gasteiger partial charge in [0.2, 0.25) is 0 Å². The van der Waals surface area contributed by atoms with Crippen LogP contribution in [0.15, 0.2) is 28.7 Å². The first-order valence-electron chi connectivity index (χ1n) is 8.34. The van der Waals surface area contributed by atoms with Crippen molar-refractivity contribution in [3.05, 3.63) is 34.3 Å². The fraction of sp³-hybridized carbons (Fsp3) is 0.500. The number of halogens is 1. The predicted octanol–water partition coefficient (Wildman–Crippen LogP) is 2.40. The first-order valence-corrected chi connectivity index (χ1v) is 9.14. The molecule has 0 unspecified atom stereocenters. The highest BCUT2D eigenvalue weighted by molar-refractivity contribution is 9.10. The number of nitrogens with zero attached hydrogens (tertiary/aromatic N) is 1. The molecule has 1 fully saturated rings. The molecule has 142 valence electrons. The van der Waals surface area contributed by atoms with Gasteiger partial charge in [-0.2, -0.15) is 0 Å². The Morgan fingerprint density at radius 2 is 1.88 bits per heavy atom. The highest BCUT2D eigenvalue weighted by Gasteiger charge is 2.41. The molecule has 7 nitrogen and oxygen atoms in total. The van der Waals surface area contributed by atoms with Crippen molar-refractivity contribution in [3.8, 4) is 0 Å². The number of β-amino-alcohol motifs (C(OH)–C–C–N with tert-alkyl or cyclic N) is 1. The number of hydrogen-bond acceptors (Lipinski definition) is 6. The number of esters is 1. The van der Waals surface area contributed by atoms with Crippen LogP contribution in [0.4, 0.5) is 4.79 Å². The Bertz CT molecular complexity index is 660. The smallest absolute Gasteiger partial charge is 0.410 e. The van der Waals surface area contributed by atoms with Gasteiger partial charge in [0.25, 0.3) is 0 Å². The molecule has 1 N–H and O–H groups in total. The number of amides is 1. The number of Topliss-reactive ketones (excluding diaryl/α,β-unsaturated/α-hetero) is 1. The van der Waals surface area contributed by atoms with E-state index in [1.54, 1.807) is 24.3 Å². The second-order valence-electron chi connectivity index (χ2n) is 6.57. The van der Waals surface area contributed by atoms with E-state index in [4.69, 9.17) is 9.47 Å². The van der Waals surface area contributed by atoms with E-state index in [2.05, 4.69) is 15.9 Å². The summed E-state index contributed by atoms with van der Waals surface area (Å²) < 4.78 is 11.0. The lowest BCUT2D eigenvalue weighted by Gasteiger charge is -2.22. The van der Waals surface area contributed by atoms with Crippen LogP contribution in [0.5, 0.6) is 0 Å². The van der Waals surface area contributed by atoms with Gasteiger partial charge in [-0.25, -0.2) is 9.59 Å². The molecule has 8 heteroatoms. The number of benzene rings is 1. The zero-order valence-electron chi connectivity index (χ0n) is 14.7. The second-order valence-corrected chi connectivity index (χ2v) is 7.48. The molecule has 1 aromatic rings. The van der Waals surface area contributed by atoms with Crippen molar-refractivity contribution >= 4 is 33.8 Å². The van der Waals surface area contributed by atoms with E-state index in [1.807, 2.05) is 13.8 Å². The molecule has 1 saturated heterocycles. The number of rotatable bonds is 6. The first-order chi connectivity index (χ1) is 12.3. The van der Waals surface area contributed by atoms with Gasteiger partial charge in [0.1, 0.15) is 6.04 Å². The van der Waals surface area contributed by atoms with Crippen molar-refractivity contribution in [2.75, 3.05) is 19.8 Å². The van der Waals surface area contributed by atoms with Crippen molar-refractivity contribution in [2.24, 2.45) is 5.92 Å². The molecular formula is C18H22BrNO6. The third kappa shape index (κ3) is 5.54. The summed E-state index contributed by atoms with van der Waals surface area (Å²) in [4.78, 5) is 37.6. The van der Waals surface area contributed by atoms with Gasteiger partial charge in [0, 0.05) is 16.5 Å². The minimum Gasteiger partial charge on any atom is -0.456 e. The summed E-state index contributed by atoms with van der Waals surface area (Å²) >= 11 is 3.28. The number of ketones is 1. The third-order valence-electron chi connectivity index (χ3n) is 3.84. The average Bonchev–Trinajstić information content (AvgIpc) is 2.99. The van der Waals surface area contributed by atoms with Crippen LogP contribution in [-0.4, -0.2) is 59.8 Å². The Labute approximate surface area is 160 Å². The number of likely N-dealkylation sites (tertiary alicyclic amines) is 1. The van der Waals surface area contributed by atoms with Crippen LogP contribution >= 0.6 is 15.9 Å². The van der Waals surface area contributed by atoms with E-state index in [1.165, 1.54) is 0 Å². The molecule has 26 heavy (non-hydrogen) atoms. The quantitative estimate of drug-likeness (QED) is 0.553. The Morgan fingerprint density at radius 3 is 2.50 bits per heavy atom. The molecular weight excluding hydrogens is 406 g/mol. The fourth-order valence-electron chi connectivity index (χ4n) is 2.51. The average molecular weight is 428 g/mol. The number of ether oxygens (including phenoxy) is 2. The summed E-state index contributed by atoms with van der Waals surface area (Å²) in [6.07, 6.45) is -1.44. The number of aliphatic hydroxyl groups is 1. The topological polar surface area (TPSA) is 93.1 Å². The van der Waals surface area contributed by atoms with E-state index < -0.39 is 30.8 Å². The Balaban J connectivity index is 1.92. The van der Waals surface area contributed by atoms with Crippen LogP contribution in [0.2, 0.25) is 0 Å². The molecule has 0 saturated carbocycles. The van der Waals surface area contributed by atoms with Crippen molar-refractivity contribution in [1.29, 1.82) is 0 Å². The highest BCUT2D eigenvalue weighted by Crippen LogP contribution is 2.21. The van der Waals surface area contributed by atoms with Gasteiger partial charge in [0.05, 0.1) is 19.3 Å². The second kappa shape index (κ2) is 9.14. The minimum atomic E-state index is -0.956. The summed E-state index contributed by atoms with van der Waals surface area (Å²) in [7, 11) is 0. The standard InChI is InChI=1S/C18H22BrNO6/c1-11(2)9-26-18(24)20-8-14(21)7-15(20)17(23)25-10-16(22)12-3-5-13(19)6-4-12/h3-6,11,14-15,21H,7-10H2,1-2H3/t14-,15+/m1/s1. The molecule has 1 amide bonds. The maximum atomic E-state index is 12.3. The fourth-order valence-corrected chi connectivity index (χ4v) is 2.78. The monoisotopic (exact) mass is 427 g/mol. The van der Waals surface area contributed by atoms with Crippen molar-refractivity contribution < 1.29 is 29.0 Å². The van der Waals surface area contributed by atoms with Crippen LogP contribution in [0.25, 0.3) is 0 Å². The normalized spacial score (nSPS) is 19.5. The molecule has 0 spiro atoms. The molecule has 1 heterocycles. The molecule has 0 aliphatic carbocycles. The van der Waals surface area contributed by atoms with Gasteiger partial charge in [-0.1, -0.05) is 41.9 Å². The largest absolute Gasteiger partial charge is 0.456 e. The Morgan fingerprint density at radius 1 is 1.23 bits per heavy atom. The van der Waals surface area contributed by atoms with E-state index in [0.717, 1.165) is 9.37 Å². The number of carbonyl (C=O) groups excluding carboxylic acids is 3. The maximum absolute atomic E-state index is 12.3. The Hall–Kier alpha value is -1.93. The lowest BCUT2D eigenvalue weighted by atomic mass is 10.1.